The highest BCUT2D eigenvalue weighted by atomic mass is 16.5. The third-order valence-corrected chi connectivity index (χ3v) is 2.44. The van der Waals surface area contributed by atoms with Gasteiger partial charge in [0, 0.05) is 11.8 Å². The van der Waals surface area contributed by atoms with Crippen molar-refractivity contribution >= 4 is 23.6 Å². The molecule has 3 rings (SSSR count). The van der Waals surface area contributed by atoms with Gasteiger partial charge < -0.3 is 4.74 Å². The lowest BCUT2D eigenvalue weighted by Crippen LogP contribution is -2.13. The number of carbonyl (C=O) groups is 1. The molecule has 2 heterocycles. The fourth-order valence-corrected chi connectivity index (χ4v) is 1.69. The second kappa shape index (κ2) is 3.10. The van der Waals surface area contributed by atoms with Gasteiger partial charge in [0.2, 0.25) is 5.84 Å². The van der Waals surface area contributed by atoms with Gasteiger partial charge in [-0.15, -0.1) is 0 Å². The van der Waals surface area contributed by atoms with E-state index in [0.717, 1.165) is 10.9 Å². The molecule has 0 N–H and O–H groups in total. The lowest BCUT2D eigenvalue weighted by Gasteiger charge is -1.94. The van der Waals surface area contributed by atoms with E-state index < -0.39 is 5.97 Å². The summed E-state index contributed by atoms with van der Waals surface area (Å²) in [6.07, 6.45) is 3.56. The van der Waals surface area contributed by atoms with Crippen LogP contribution in [0.1, 0.15) is 5.56 Å². The van der Waals surface area contributed by atoms with Crippen molar-refractivity contribution in [2.24, 2.45) is 15.0 Å². The van der Waals surface area contributed by atoms with Crippen LogP contribution in [0.4, 0.5) is 5.69 Å². The van der Waals surface area contributed by atoms with Gasteiger partial charge in [-0.1, -0.05) is 0 Å². The van der Waals surface area contributed by atoms with E-state index >= 15 is 0 Å². The molecule has 0 saturated heterocycles. The predicted molar refractivity (Wildman–Crippen MR) is 56.9 cm³/mol. The maximum absolute atomic E-state index is 11.3. The minimum Gasteiger partial charge on any atom is -0.463 e. The third kappa shape index (κ3) is 1.11. The highest BCUT2D eigenvalue weighted by Gasteiger charge is 2.19. The Hall–Kier alpha value is -2.30. The Balaban J connectivity index is 2.23. The predicted octanol–water partition coefficient (Wildman–Crippen LogP) is 0.127. The van der Waals surface area contributed by atoms with Gasteiger partial charge >= 0.3 is 5.97 Å². The molecule has 2 aliphatic rings. The summed E-state index contributed by atoms with van der Waals surface area (Å²) in [6.45, 7) is 0. The molecule has 78 valence electrons. The highest BCUT2D eigenvalue weighted by Crippen LogP contribution is 2.18. The zero-order chi connectivity index (χ0) is 11.1. The van der Waals surface area contributed by atoms with Crippen molar-refractivity contribution < 1.29 is 9.53 Å². The Morgan fingerprint density at radius 2 is 2.06 bits per heavy atom. The maximum atomic E-state index is 11.3. The summed E-state index contributed by atoms with van der Waals surface area (Å²) < 4.78 is 4.58. The zero-order valence-corrected chi connectivity index (χ0v) is 8.47. The van der Waals surface area contributed by atoms with E-state index in [1.165, 1.54) is 7.11 Å². The van der Waals surface area contributed by atoms with Crippen molar-refractivity contribution in [3.8, 4) is 0 Å². The Kier molecular flexibility index (Phi) is 1.73. The van der Waals surface area contributed by atoms with Gasteiger partial charge in [-0.25, -0.2) is 14.8 Å². The molecule has 5 nitrogen and oxygen atoms in total. The van der Waals surface area contributed by atoms with Gasteiger partial charge in [0.05, 0.1) is 17.8 Å². The van der Waals surface area contributed by atoms with Gasteiger partial charge in [-0.2, -0.15) is 0 Å². The minimum atomic E-state index is -0.524. The topological polar surface area (TPSA) is 63.4 Å². The van der Waals surface area contributed by atoms with E-state index in [1.807, 2.05) is 12.1 Å². The molecule has 5 heteroatoms. The number of fused-ring (bicyclic) bond motifs is 3. The Bertz CT molecular complexity index is 671. The molecule has 2 aliphatic heterocycles. The minimum absolute atomic E-state index is 0.0891. The molecular weight excluding hydrogens is 206 g/mol. The van der Waals surface area contributed by atoms with E-state index in [9.17, 15) is 4.79 Å². The van der Waals surface area contributed by atoms with E-state index in [1.54, 1.807) is 12.3 Å². The molecule has 0 spiro atoms. The van der Waals surface area contributed by atoms with Crippen LogP contribution in [0.3, 0.4) is 0 Å². The number of nitrogens with zero attached hydrogens (tertiary/aromatic N) is 3. The van der Waals surface area contributed by atoms with Gasteiger partial charge in [-0.3, -0.25) is 4.99 Å². The highest BCUT2D eigenvalue weighted by molar-refractivity contribution is 6.37. The van der Waals surface area contributed by atoms with Crippen molar-refractivity contribution in [2.75, 3.05) is 7.11 Å². The normalized spacial score (nSPS) is 14.7. The molecule has 16 heavy (non-hydrogen) atoms. The van der Waals surface area contributed by atoms with Crippen LogP contribution in [0.15, 0.2) is 33.3 Å². The van der Waals surface area contributed by atoms with Crippen LogP contribution in [-0.2, 0) is 9.53 Å². The fraction of sp³-hybridized carbons (Fsp3) is 0.0909. The lowest BCUT2D eigenvalue weighted by molar-refractivity contribution is -0.132. The summed E-state index contributed by atoms with van der Waals surface area (Å²) in [5.74, 6) is -0.435. The molecule has 0 fully saturated rings. The van der Waals surface area contributed by atoms with Crippen LogP contribution in [-0.4, -0.2) is 18.9 Å². The number of methoxy groups -OCH3 is 1. The van der Waals surface area contributed by atoms with Crippen LogP contribution in [0.2, 0.25) is 0 Å². The van der Waals surface area contributed by atoms with Crippen molar-refractivity contribution in [3.05, 3.63) is 34.6 Å². The molecule has 0 aromatic heterocycles. The average molecular weight is 213 g/mol. The van der Waals surface area contributed by atoms with E-state index in [2.05, 4.69) is 19.7 Å². The quantitative estimate of drug-likeness (QED) is 0.622. The van der Waals surface area contributed by atoms with Crippen LogP contribution >= 0.6 is 0 Å². The number of ether oxygens (including phenoxy) is 1. The second-order valence-electron chi connectivity index (χ2n) is 3.35. The van der Waals surface area contributed by atoms with Crippen LogP contribution in [0.25, 0.3) is 6.08 Å². The standard InChI is InChI=1S/C11H7N3O2/c1-16-11(15)10-13-8-3-2-7-6(4-5-12-7)9(8)14-10/h2-5H,1H3. The largest absolute Gasteiger partial charge is 0.463 e. The van der Waals surface area contributed by atoms with E-state index in [0.29, 0.717) is 11.0 Å². The summed E-state index contributed by atoms with van der Waals surface area (Å²) >= 11 is 0. The molecule has 0 radical (unpaired) electrons. The van der Waals surface area contributed by atoms with Crippen LogP contribution < -0.4 is 10.7 Å². The number of amidine groups is 1. The smallest absolute Gasteiger partial charge is 0.376 e. The molecule has 0 unspecified atom stereocenters. The van der Waals surface area contributed by atoms with Crippen molar-refractivity contribution in [2.45, 2.75) is 0 Å². The fourth-order valence-electron chi connectivity index (χ4n) is 1.69. The number of carbonyl (C=O) groups excluding carboxylic acids is 1. The molecule has 0 atom stereocenters. The Morgan fingerprint density at radius 1 is 1.25 bits per heavy atom. The third-order valence-electron chi connectivity index (χ3n) is 2.44. The molecule has 0 bridgehead atoms. The first kappa shape index (κ1) is 8.96. The lowest BCUT2D eigenvalue weighted by atomic mass is 10.2. The second-order valence-corrected chi connectivity index (χ2v) is 3.35. The summed E-state index contributed by atoms with van der Waals surface area (Å²) in [5, 5.41) is 1.53. The average Bonchev–Trinajstić information content (AvgIpc) is 2.92. The summed E-state index contributed by atoms with van der Waals surface area (Å²) in [7, 11) is 1.31. The van der Waals surface area contributed by atoms with Crippen LogP contribution in [0.5, 0.6) is 0 Å². The number of hydrogen-bond acceptors (Lipinski definition) is 5. The summed E-state index contributed by atoms with van der Waals surface area (Å²) in [6, 6.07) is 3.65. The molecule has 1 aromatic rings. The van der Waals surface area contributed by atoms with Gasteiger partial charge in [-0.05, 0) is 18.2 Å². The first-order chi connectivity index (χ1) is 7.79. The Morgan fingerprint density at radius 3 is 2.88 bits per heavy atom. The SMILES string of the molecule is COC(=O)C1=Nc2c3c(ccc2=N1)=NC=C3. The van der Waals surface area contributed by atoms with Gasteiger partial charge in [0.1, 0.15) is 5.69 Å². The summed E-state index contributed by atoms with van der Waals surface area (Å²) in [5.41, 5.74) is 1.59. The molecule has 0 amide bonds. The van der Waals surface area contributed by atoms with E-state index in [-0.39, 0.29) is 5.84 Å². The molecular formula is C11H7N3O2. The van der Waals surface area contributed by atoms with Crippen molar-refractivity contribution in [3.63, 3.8) is 0 Å². The summed E-state index contributed by atoms with van der Waals surface area (Å²) in [4.78, 5) is 23.7. The maximum Gasteiger partial charge on any atom is 0.376 e. The number of aliphatic imine (C=N–C) groups is 1. The van der Waals surface area contributed by atoms with Crippen molar-refractivity contribution in [1.29, 1.82) is 0 Å². The van der Waals surface area contributed by atoms with E-state index in [4.69, 9.17) is 0 Å². The number of hydrogen-bond donors (Lipinski definition) is 0. The first-order valence-electron chi connectivity index (χ1n) is 4.73. The van der Waals surface area contributed by atoms with Crippen LogP contribution in [0, 0.1) is 0 Å². The molecule has 0 aliphatic carbocycles. The first-order valence-corrected chi connectivity index (χ1v) is 4.73. The molecule has 0 saturated carbocycles. The Labute approximate surface area is 90.5 Å². The monoisotopic (exact) mass is 213 g/mol. The van der Waals surface area contributed by atoms with Gasteiger partial charge in [0.25, 0.3) is 0 Å². The zero-order valence-electron chi connectivity index (χ0n) is 8.47. The van der Waals surface area contributed by atoms with Gasteiger partial charge in [0.15, 0.2) is 0 Å². The number of benzene rings is 1. The molecule has 1 aromatic carbocycles. The number of rotatable bonds is 1. The number of esters is 1. The van der Waals surface area contributed by atoms with Crippen molar-refractivity contribution in [1.82, 2.24) is 0 Å².